The normalized spacial score (nSPS) is 11.1. The first-order valence-corrected chi connectivity index (χ1v) is 6.91. The number of nitrogens with zero attached hydrogens (tertiary/aromatic N) is 7. The second-order valence-corrected chi connectivity index (χ2v) is 5.00. The Hall–Kier alpha value is -3.89. The number of halogens is 1. The maximum Gasteiger partial charge on any atom is 0.387 e. The van der Waals surface area contributed by atoms with Gasteiger partial charge >= 0.3 is 11.2 Å². The summed E-state index contributed by atoms with van der Waals surface area (Å²) in [5.74, 6) is -0.427. The minimum absolute atomic E-state index is 0.0687. The molecule has 11 heteroatoms. The molecule has 0 aliphatic rings. The summed E-state index contributed by atoms with van der Waals surface area (Å²) in [5.41, 5.74) is -0.724. The Morgan fingerprint density at radius 1 is 1.08 bits per heavy atom. The molecule has 0 spiro atoms. The molecule has 124 valence electrons. The molecule has 0 aliphatic heterocycles. The van der Waals surface area contributed by atoms with Crippen LogP contribution in [0.1, 0.15) is 0 Å². The lowest BCUT2D eigenvalue weighted by atomic mass is 10.4. The summed E-state index contributed by atoms with van der Waals surface area (Å²) >= 11 is 0. The van der Waals surface area contributed by atoms with Crippen molar-refractivity contribution in [3.63, 3.8) is 0 Å². The van der Waals surface area contributed by atoms with Gasteiger partial charge in [0.2, 0.25) is 0 Å². The van der Waals surface area contributed by atoms with E-state index in [0.29, 0.717) is 16.7 Å². The molecule has 0 fully saturated rings. The van der Waals surface area contributed by atoms with Gasteiger partial charge in [-0.15, -0.1) is 0 Å². The fraction of sp³-hybridized carbons (Fsp3) is 0. The van der Waals surface area contributed by atoms with E-state index >= 15 is 0 Å². The van der Waals surface area contributed by atoms with Gasteiger partial charge in [-0.1, -0.05) is 4.73 Å². The zero-order valence-electron chi connectivity index (χ0n) is 12.3. The Bertz CT molecular complexity index is 1230. The first-order chi connectivity index (χ1) is 12.0. The van der Waals surface area contributed by atoms with Crippen molar-refractivity contribution in [2.24, 2.45) is 0 Å². The monoisotopic (exact) mass is 341 g/mol. The third-order valence-corrected chi connectivity index (χ3v) is 3.37. The van der Waals surface area contributed by atoms with E-state index in [1.54, 1.807) is 6.07 Å². The highest BCUT2D eigenvalue weighted by Crippen LogP contribution is 2.15. The summed E-state index contributed by atoms with van der Waals surface area (Å²) in [7, 11) is 0. The molecule has 4 aromatic heterocycles. The van der Waals surface area contributed by atoms with E-state index in [-0.39, 0.29) is 10.5 Å². The molecule has 4 aromatic rings. The number of hydrogen-bond donors (Lipinski definition) is 1. The molecular formula is C14H8FN7O3. The van der Waals surface area contributed by atoms with Crippen LogP contribution in [0.25, 0.3) is 22.5 Å². The molecule has 10 nitrogen and oxygen atoms in total. The topological polar surface area (TPSA) is 121 Å². The number of hydrogen-bond acceptors (Lipinski definition) is 7. The van der Waals surface area contributed by atoms with Crippen molar-refractivity contribution in [3.05, 3.63) is 69.6 Å². The van der Waals surface area contributed by atoms with Gasteiger partial charge in [0.15, 0.2) is 5.82 Å². The lowest BCUT2D eigenvalue weighted by Gasteiger charge is -2.02. The molecule has 0 amide bonds. The van der Waals surface area contributed by atoms with Crippen molar-refractivity contribution < 1.29 is 9.60 Å². The molecule has 4 rings (SSSR count). The van der Waals surface area contributed by atoms with E-state index < -0.39 is 17.1 Å². The van der Waals surface area contributed by atoms with Crippen molar-refractivity contribution in [1.82, 2.24) is 34.3 Å². The molecule has 0 aromatic carbocycles. The van der Waals surface area contributed by atoms with Gasteiger partial charge in [0, 0.05) is 6.07 Å². The van der Waals surface area contributed by atoms with Crippen LogP contribution in [0.3, 0.4) is 0 Å². The van der Waals surface area contributed by atoms with Crippen molar-refractivity contribution >= 4 is 11.0 Å². The highest BCUT2D eigenvalue weighted by Gasteiger charge is 2.11. The van der Waals surface area contributed by atoms with Crippen molar-refractivity contribution in [2.75, 3.05) is 0 Å². The van der Waals surface area contributed by atoms with Crippen LogP contribution in [0, 0.1) is 5.82 Å². The highest BCUT2D eigenvalue weighted by molar-refractivity contribution is 5.75. The maximum absolute atomic E-state index is 13.3. The molecular weight excluding hydrogens is 333 g/mol. The molecule has 0 radical (unpaired) electrons. The molecule has 0 saturated carbocycles. The number of aromatic nitrogens is 7. The van der Waals surface area contributed by atoms with E-state index in [2.05, 4.69) is 20.2 Å². The Morgan fingerprint density at radius 3 is 2.72 bits per heavy atom. The van der Waals surface area contributed by atoms with Crippen LogP contribution in [-0.4, -0.2) is 39.5 Å². The lowest BCUT2D eigenvalue weighted by molar-refractivity contribution is 0.154. The zero-order valence-corrected chi connectivity index (χ0v) is 12.3. The predicted molar refractivity (Wildman–Crippen MR) is 81.5 cm³/mol. The van der Waals surface area contributed by atoms with E-state index in [0.717, 1.165) is 17.1 Å². The van der Waals surface area contributed by atoms with E-state index in [1.165, 1.54) is 29.2 Å². The van der Waals surface area contributed by atoms with E-state index in [9.17, 15) is 19.2 Å². The van der Waals surface area contributed by atoms with E-state index in [1.807, 2.05) is 0 Å². The Balaban J connectivity index is 1.85. The second kappa shape index (κ2) is 5.33. The molecule has 0 aliphatic carbocycles. The van der Waals surface area contributed by atoms with Gasteiger partial charge < -0.3 is 5.21 Å². The largest absolute Gasteiger partial charge is 0.421 e. The van der Waals surface area contributed by atoms with Gasteiger partial charge in [0.1, 0.15) is 23.0 Å². The molecule has 1 N–H and O–H groups in total. The van der Waals surface area contributed by atoms with Gasteiger partial charge in [-0.3, -0.25) is 9.78 Å². The lowest BCUT2D eigenvalue weighted by Crippen LogP contribution is -2.39. The van der Waals surface area contributed by atoms with Crippen molar-refractivity contribution in [3.8, 4) is 11.5 Å². The summed E-state index contributed by atoms with van der Waals surface area (Å²) in [6.07, 6.45) is 4.82. The summed E-state index contributed by atoms with van der Waals surface area (Å²) in [4.78, 5) is 31.1. The van der Waals surface area contributed by atoms with Gasteiger partial charge in [-0.2, -0.15) is 14.9 Å². The van der Waals surface area contributed by atoms with Crippen LogP contribution in [-0.2, 0) is 0 Å². The molecule has 0 saturated heterocycles. The molecule has 0 atom stereocenters. The van der Waals surface area contributed by atoms with Gasteiger partial charge in [0.05, 0.1) is 24.3 Å². The minimum Gasteiger partial charge on any atom is -0.421 e. The molecule has 0 unspecified atom stereocenters. The smallest absolute Gasteiger partial charge is 0.387 e. The number of rotatable bonds is 2. The van der Waals surface area contributed by atoms with Crippen LogP contribution in [0.2, 0.25) is 0 Å². The zero-order chi connectivity index (χ0) is 17.6. The second-order valence-electron chi connectivity index (χ2n) is 5.00. The summed E-state index contributed by atoms with van der Waals surface area (Å²) in [6, 6.07) is 4.28. The predicted octanol–water partition coefficient (Wildman–Crippen LogP) is -0.101. The third kappa shape index (κ3) is 2.43. The quantitative estimate of drug-likeness (QED) is 0.505. The molecule has 0 bridgehead atoms. The van der Waals surface area contributed by atoms with Crippen LogP contribution >= 0.6 is 0 Å². The van der Waals surface area contributed by atoms with Crippen LogP contribution in [0.4, 0.5) is 4.39 Å². The van der Waals surface area contributed by atoms with Gasteiger partial charge in [-0.05, 0) is 12.1 Å². The minimum atomic E-state index is -1.05. The van der Waals surface area contributed by atoms with E-state index in [4.69, 9.17) is 0 Å². The summed E-state index contributed by atoms with van der Waals surface area (Å²) in [5, 5.41) is 17.3. The molecule has 4 heterocycles. The van der Waals surface area contributed by atoms with Gasteiger partial charge in [0.25, 0.3) is 0 Å². The fourth-order valence-electron chi connectivity index (χ4n) is 2.23. The standard InChI is InChI=1S/C14H8FN7O3/c15-8-3-9(5-16-4-8)20-7-11-10(19-20)1-2-12(18-11)21-14(24)22(25)13(23)6-17-21/h1-7,25H. The third-order valence-electron chi connectivity index (χ3n) is 3.37. The Morgan fingerprint density at radius 2 is 1.92 bits per heavy atom. The molecule has 25 heavy (non-hydrogen) atoms. The Labute approximate surface area is 137 Å². The maximum atomic E-state index is 13.3. The first-order valence-electron chi connectivity index (χ1n) is 6.91. The fourth-order valence-corrected chi connectivity index (χ4v) is 2.23. The van der Waals surface area contributed by atoms with Crippen molar-refractivity contribution in [1.29, 1.82) is 0 Å². The average Bonchev–Trinajstić information content (AvgIpc) is 3.03. The number of fused-ring (bicyclic) bond motifs is 1. The highest BCUT2D eigenvalue weighted by atomic mass is 19.1. The first kappa shape index (κ1) is 14.7. The Kier molecular flexibility index (Phi) is 3.13. The SMILES string of the molecule is O=c1cnn(-c2ccc3nn(-c4cncc(F)c4)cc3n2)c(=O)n1O. The van der Waals surface area contributed by atoms with Crippen LogP contribution < -0.4 is 11.2 Å². The van der Waals surface area contributed by atoms with Crippen LogP contribution in [0.5, 0.6) is 0 Å². The van der Waals surface area contributed by atoms with Crippen LogP contribution in [0.15, 0.2) is 52.6 Å². The summed E-state index contributed by atoms with van der Waals surface area (Å²) in [6.45, 7) is 0. The van der Waals surface area contributed by atoms with Crippen molar-refractivity contribution in [2.45, 2.75) is 0 Å². The van der Waals surface area contributed by atoms with Gasteiger partial charge in [-0.25, -0.2) is 18.9 Å². The summed E-state index contributed by atoms with van der Waals surface area (Å²) < 4.78 is 15.4. The average molecular weight is 341 g/mol. The number of pyridine rings is 2.